The van der Waals surface area contributed by atoms with Crippen LogP contribution in [0.5, 0.6) is 11.5 Å². The van der Waals surface area contributed by atoms with Crippen LogP contribution in [0.3, 0.4) is 0 Å². The van der Waals surface area contributed by atoms with Gasteiger partial charge in [-0.05, 0) is 110 Å². The van der Waals surface area contributed by atoms with Crippen LogP contribution in [0.25, 0.3) is 11.1 Å². The molecule has 0 fully saturated rings. The number of aryl methyl sites for hydroxylation is 6. The second-order valence-electron chi connectivity index (χ2n) is 15.5. The van der Waals surface area contributed by atoms with E-state index in [9.17, 15) is 0 Å². The summed E-state index contributed by atoms with van der Waals surface area (Å²) >= 11 is 0. The Morgan fingerprint density at radius 3 is 1.11 bits per heavy atom. The zero-order valence-corrected chi connectivity index (χ0v) is 38.7. The van der Waals surface area contributed by atoms with Gasteiger partial charge in [0, 0.05) is 37.1 Å². The van der Waals surface area contributed by atoms with Crippen molar-refractivity contribution in [3.8, 4) is 22.6 Å². The SMILES string of the molecule is CCCCCc1ccc(OCCCC[n+]2ccc(-c3cc[n+](CCCCOc4ccc(CCCCC)cc4CCCCC)cc3)cc2)c(CCCCC)c1.[Br-].[Br-]. The van der Waals surface area contributed by atoms with Crippen molar-refractivity contribution in [1.29, 1.82) is 0 Å². The van der Waals surface area contributed by atoms with Crippen molar-refractivity contribution >= 4 is 0 Å². The van der Waals surface area contributed by atoms with Crippen LogP contribution >= 0.6 is 0 Å². The van der Waals surface area contributed by atoms with Gasteiger partial charge in [-0.3, -0.25) is 0 Å². The van der Waals surface area contributed by atoms with Crippen molar-refractivity contribution in [2.75, 3.05) is 13.2 Å². The number of hydrogen-bond donors (Lipinski definition) is 0. The summed E-state index contributed by atoms with van der Waals surface area (Å²) < 4.78 is 17.3. The molecule has 0 aliphatic carbocycles. The first-order valence-corrected chi connectivity index (χ1v) is 22.1. The molecule has 0 saturated heterocycles. The van der Waals surface area contributed by atoms with Crippen LogP contribution in [0.15, 0.2) is 85.5 Å². The average Bonchev–Trinajstić information content (AvgIpc) is 3.20. The van der Waals surface area contributed by atoms with Crippen molar-refractivity contribution in [3.63, 3.8) is 0 Å². The zero-order chi connectivity index (χ0) is 38.1. The molecule has 0 bridgehead atoms. The predicted octanol–water partition coefficient (Wildman–Crippen LogP) is 6.59. The second-order valence-corrected chi connectivity index (χ2v) is 15.5. The number of ether oxygens (including phenoxy) is 2. The monoisotopic (exact) mass is 892 g/mol. The summed E-state index contributed by atoms with van der Waals surface area (Å²) in [5.74, 6) is 2.20. The summed E-state index contributed by atoms with van der Waals surface area (Å²) in [5.41, 5.74) is 8.26. The largest absolute Gasteiger partial charge is 1.00 e. The fourth-order valence-corrected chi connectivity index (χ4v) is 7.29. The van der Waals surface area contributed by atoms with Crippen molar-refractivity contribution in [3.05, 3.63) is 108 Å². The average molecular weight is 895 g/mol. The molecule has 0 saturated carbocycles. The Morgan fingerprint density at radius 1 is 0.393 bits per heavy atom. The van der Waals surface area contributed by atoms with Gasteiger partial charge in [-0.1, -0.05) is 103 Å². The summed E-state index contributed by atoms with van der Waals surface area (Å²) in [6.07, 6.45) is 33.1. The van der Waals surface area contributed by atoms with E-state index in [1.165, 1.54) is 123 Å². The van der Waals surface area contributed by atoms with Crippen LogP contribution < -0.4 is 52.6 Å². The Kier molecular flexibility index (Phi) is 26.8. The highest BCUT2D eigenvalue weighted by Gasteiger charge is 2.10. The van der Waals surface area contributed by atoms with Crippen LogP contribution in [-0.2, 0) is 38.8 Å². The molecule has 0 unspecified atom stereocenters. The maximum Gasteiger partial charge on any atom is 0.169 e. The molecule has 4 rings (SSSR count). The number of benzene rings is 2. The Balaban J connectivity index is 0.00000541. The maximum atomic E-state index is 6.35. The number of nitrogens with zero attached hydrogens (tertiary/aromatic N) is 2. The summed E-state index contributed by atoms with van der Waals surface area (Å²) in [5, 5.41) is 0. The minimum atomic E-state index is 0. The van der Waals surface area contributed by atoms with Crippen LogP contribution in [-0.4, -0.2) is 13.2 Å². The molecule has 56 heavy (non-hydrogen) atoms. The lowest BCUT2D eigenvalue weighted by atomic mass is 10.00. The van der Waals surface area contributed by atoms with E-state index in [-0.39, 0.29) is 34.0 Å². The van der Waals surface area contributed by atoms with Crippen LogP contribution in [0.1, 0.15) is 153 Å². The number of aromatic nitrogens is 2. The summed E-state index contributed by atoms with van der Waals surface area (Å²) in [7, 11) is 0. The maximum absolute atomic E-state index is 6.35. The van der Waals surface area contributed by atoms with Gasteiger partial charge in [0.15, 0.2) is 24.8 Å². The van der Waals surface area contributed by atoms with Gasteiger partial charge < -0.3 is 43.4 Å². The Hall–Kier alpha value is -2.70. The minimum Gasteiger partial charge on any atom is -1.00 e. The van der Waals surface area contributed by atoms with Crippen LogP contribution in [0.2, 0.25) is 0 Å². The molecule has 0 radical (unpaired) electrons. The molecule has 4 nitrogen and oxygen atoms in total. The summed E-state index contributed by atoms with van der Waals surface area (Å²) in [6.45, 7) is 12.7. The molecule has 0 N–H and O–H groups in total. The lowest BCUT2D eigenvalue weighted by Crippen LogP contribution is -3.00. The highest BCUT2D eigenvalue weighted by Crippen LogP contribution is 2.26. The predicted molar refractivity (Wildman–Crippen MR) is 228 cm³/mol. The van der Waals surface area contributed by atoms with Gasteiger partial charge >= 0.3 is 0 Å². The van der Waals surface area contributed by atoms with Gasteiger partial charge in [-0.2, -0.15) is 0 Å². The number of halogens is 2. The number of rotatable bonds is 29. The lowest BCUT2D eigenvalue weighted by Gasteiger charge is -2.13. The van der Waals surface area contributed by atoms with E-state index >= 15 is 0 Å². The number of unbranched alkanes of at least 4 members (excludes halogenated alkanes) is 10. The molecule has 4 aromatic rings. The molecular formula is C50H74Br2N2O2. The fourth-order valence-electron chi connectivity index (χ4n) is 7.29. The van der Waals surface area contributed by atoms with Crippen molar-refractivity contribution in [1.82, 2.24) is 0 Å². The number of hydrogen-bond acceptors (Lipinski definition) is 2. The van der Waals surface area contributed by atoms with Gasteiger partial charge in [0.05, 0.1) is 13.2 Å². The van der Waals surface area contributed by atoms with Gasteiger partial charge in [0.2, 0.25) is 0 Å². The van der Waals surface area contributed by atoms with Gasteiger partial charge in [0.25, 0.3) is 0 Å². The van der Waals surface area contributed by atoms with E-state index in [1.54, 1.807) is 0 Å². The van der Waals surface area contributed by atoms with Crippen LogP contribution in [0, 0.1) is 0 Å². The van der Waals surface area contributed by atoms with E-state index in [0.29, 0.717) is 0 Å². The smallest absolute Gasteiger partial charge is 0.169 e. The van der Waals surface area contributed by atoms with E-state index < -0.39 is 0 Å². The summed E-state index contributed by atoms with van der Waals surface area (Å²) in [6, 6.07) is 22.8. The van der Waals surface area contributed by atoms with Crippen molar-refractivity contribution in [2.24, 2.45) is 0 Å². The normalized spacial score (nSPS) is 10.9. The third-order valence-corrected chi connectivity index (χ3v) is 10.7. The van der Waals surface area contributed by atoms with Gasteiger partial charge in [-0.15, -0.1) is 0 Å². The highest BCUT2D eigenvalue weighted by molar-refractivity contribution is 5.60. The lowest BCUT2D eigenvalue weighted by molar-refractivity contribution is -0.697. The first-order valence-electron chi connectivity index (χ1n) is 22.1. The third-order valence-electron chi connectivity index (χ3n) is 10.7. The molecule has 0 aliphatic rings. The quantitative estimate of drug-likeness (QED) is 0.0455. The Morgan fingerprint density at radius 2 is 0.750 bits per heavy atom. The van der Waals surface area contributed by atoms with Crippen molar-refractivity contribution < 1.29 is 52.6 Å². The van der Waals surface area contributed by atoms with Crippen LogP contribution in [0.4, 0.5) is 0 Å². The molecule has 0 aliphatic heterocycles. The molecule has 0 amide bonds. The highest BCUT2D eigenvalue weighted by atomic mass is 79.9. The molecule has 2 aromatic heterocycles. The van der Waals surface area contributed by atoms with E-state index in [2.05, 4.69) is 122 Å². The third kappa shape index (κ3) is 18.7. The first kappa shape index (κ1) is 49.4. The molecule has 6 heteroatoms. The molecule has 2 aromatic carbocycles. The molecule has 0 atom stereocenters. The van der Waals surface area contributed by atoms with Gasteiger partial charge in [0.1, 0.15) is 24.6 Å². The van der Waals surface area contributed by atoms with E-state index in [4.69, 9.17) is 9.47 Å². The topological polar surface area (TPSA) is 26.2 Å². The summed E-state index contributed by atoms with van der Waals surface area (Å²) in [4.78, 5) is 0. The Labute approximate surface area is 363 Å². The molecule has 2 heterocycles. The van der Waals surface area contributed by atoms with Crippen molar-refractivity contribution in [2.45, 2.75) is 169 Å². The second kappa shape index (κ2) is 30.4. The molecule has 310 valence electrons. The van der Waals surface area contributed by atoms with Gasteiger partial charge in [-0.25, -0.2) is 9.13 Å². The Bertz CT molecular complexity index is 1460. The first-order chi connectivity index (χ1) is 26.6. The number of pyridine rings is 2. The standard InChI is InChI=1S/C50H74N2O2.2BrH/c1-5-9-13-21-43-25-27-49(47(41-43)23-15-11-7-3)53-39-19-17-33-51-35-29-45(30-36-51)46-31-37-52(38-32-46)34-18-20-40-54-50-28-26-44(22-14-10-6-2)42-48(50)24-16-12-8-4;;/h25-32,35-38,41-42H,5-24,33-34,39-40H2,1-4H3;2*1H/q+2;;/p-2. The van der Waals surface area contributed by atoms with E-state index in [1.807, 2.05) is 0 Å². The van der Waals surface area contributed by atoms with E-state index in [0.717, 1.165) is 76.3 Å². The molecule has 0 spiro atoms. The zero-order valence-electron chi connectivity index (χ0n) is 35.5. The fraction of sp³-hybridized carbons (Fsp3) is 0.560. The molecular weight excluding hydrogens is 820 g/mol. The minimum absolute atomic E-state index is 0.